The molecule has 7 aromatic rings. The van der Waals surface area contributed by atoms with Crippen molar-refractivity contribution in [2.75, 3.05) is 0 Å². The van der Waals surface area contributed by atoms with Crippen LogP contribution in [0.4, 0.5) is 0 Å². The number of fused-ring (bicyclic) bond motifs is 3. The van der Waals surface area contributed by atoms with Gasteiger partial charge < -0.3 is 4.57 Å². The van der Waals surface area contributed by atoms with Crippen LogP contribution < -0.4 is 0 Å². The summed E-state index contributed by atoms with van der Waals surface area (Å²) in [6, 6.07) is 41.0. The van der Waals surface area contributed by atoms with E-state index in [2.05, 4.69) is 100 Å². The Kier molecular flexibility index (Phi) is 8.46. The van der Waals surface area contributed by atoms with Crippen molar-refractivity contribution in [2.24, 2.45) is 0 Å². The van der Waals surface area contributed by atoms with Gasteiger partial charge in [-0.2, -0.15) is 0 Å². The Bertz CT molecular complexity index is 1970. The van der Waals surface area contributed by atoms with Crippen LogP contribution in [0.3, 0.4) is 0 Å². The van der Waals surface area contributed by atoms with Gasteiger partial charge in [0.05, 0.1) is 22.8 Å². The molecule has 0 saturated heterocycles. The highest BCUT2D eigenvalue weighted by molar-refractivity contribution is 6.08. The Morgan fingerprint density at radius 3 is 1.84 bits per heavy atom. The third-order valence-electron chi connectivity index (χ3n) is 8.74. The zero-order valence-corrected chi connectivity index (χ0v) is 25.9. The van der Waals surface area contributed by atoms with Gasteiger partial charge in [0.15, 0.2) is 0 Å². The Morgan fingerprint density at radius 1 is 0.511 bits per heavy atom. The number of unbranched alkanes of at least 4 members (excludes halogenated alkanes) is 3. The van der Waals surface area contributed by atoms with Crippen LogP contribution in [0.15, 0.2) is 128 Å². The van der Waals surface area contributed by atoms with Crippen molar-refractivity contribution < 1.29 is 0 Å². The number of nitrogens with zero attached hydrogens (tertiary/aromatic N) is 4. The lowest BCUT2D eigenvalue weighted by atomic mass is 9.98. The Morgan fingerprint density at radius 2 is 1.16 bits per heavy atom. The SMILES string of the molecule is CCCCCCn1c2ccccc2c2cc(CCc3ccc(-c4cc(-c5ccccn5)nc(-c5ccccn5)c4)cc3)ccc21. The van der Waals surface area contributed by atoms with Crippen molar-refractivity contribution in [2.45, 2.75) is 52.0 Å². The van der Waals surface area contributed by atoms with Crippen molar-refractivity contribution in [1.29, 1.82) is 0 Å². The minimum absolute atomic E-state index is 0.843. The molecule has 7 rings (SSSR count). The summed E-state index contributed by atoms with van der Waals surface area (Å²) in [5.41, 5.74) is 11.1. The number of pyridine rings is 3. The van der Waals surface area contributed by atoms with E-state index >= 15 is 0 Å². The molecular formula is C41H38N4. The van der Waals surface area contributed by atoms with Gasteiger partial charge in [0.25, 0.3) is 0 Å². The average Bonchev–Trinajstić information content (AvgIpc) is 3.42. The highest BCUT2D eigenvalue weighted by Gasteiger charge is 2.12. The first-order valence-corrected chi connectivity index (χ1v) is 16.2. The van der Waals surface area contributed by atoms with Crippen molar-refractivity contribution in [3.8, 4) is 33.9 Å². The fraction of sp³-hybridized carbons (Fsp3) is 0.195. The molecule has 222 valence electrons. The van der Waals surface area contributed by atoms with Crippen LogP contribution in [-0.4, -0.2) is 19.5 Å². The predicted octanol–water partition coefficient (Wildman–Crippen LogP) is 10.3. The second-order valence-corrected chi connectivity index (χ2v) is 11.8. The van der Waals surface area contributed by atoms with Crippen LogP contribution in [0.5, 0.6) is 0 Å². The van der Waals surface area contributed by atoms with E-state index in [1.165, 1.54) is 58.6 Å². The lowest BCUT2D eigenvalue weighted by Crippen LogP contribution is -1.98. The van der Waals surface area contributed by atoms with Crippen LogP contribution in [0.2, 0.25) is 0 Å². The molecule has 4 aromatic heterocycles. The van der Waals surface area contributed by atoms with Gasteiger partial charge in [0.1, 0.15) is 0 Å². The standard InChI is InChI=1S/C41H38N4/c1-2-3-4-11-26-45-40-15-6-5-12-34(40)35-27-31(20-23-41(35)45)17-16-30-18-21-32(22-19-30)33-28-38(36-13-7-9-24-42-36)44-39(29-33)37-14-8-10-25-43-37/h5-10,12-15,18-25,27-29H,2-4,11,16-17,26H2,1H3. The number of aromatic nitrogens is 4. The van der Waals surface area contributed by atoms with Crippen LogP contribution in [0.25, 0.3) is 55.7 Å². The molecule has 0 aliphatic carbocycles. The van der Waals surface area contributed by atoms with Crippen molar-refractivity contribution in [3.05, 3.63) is 139 Å². The lowest BCUT2D eigenvalue weighted by Gasteiger charge is -2.10. The Hall–Kier alpha value is -5.09. The molecule has 0 radical (unpaired) electrons. The van der Waals surface area contributed by atoms with Crippen LogP contribution in [0.1, 0.15) is 43.7 Å². The molecule has 0 fully saturated rings. The maximum Gasteiger partial charge on any atom is 0.0900 e. The maximum absolute atomic E-state index is 4.92. The van der Waals surface area contributed by atoms with Gasteiger partial charge in [0, 0.05) is 40.7 Å². The molecule has 0 atom stereocenters. The first-order valence-electron chi connectivity index (χ1n) is 16.2. The van der Waals surface area contributed by atoms with Crippen molar-refractivity contribution in [1.82, 2.24) is 19.5 Å². The molecule has 0 bridgehead atoms. The van der Waals surface area contributed by atoms with Gasteiger partial charge in [-0.25, -0.2) is 4.98 Å². The quantitative estimate of drug-likeness (QED) is 0.142. The van der Waals surface area contributed by atoms with E-state index in [0.29, 0.717) is 0 Å². The fourth-order valence-electron chi connectivity index (χ4n) is 6.33. The first kappa shape index (κ1) is 28.7. The molecule has 0 amide bonds. The molecule has 0 spiro atoms. The number of aryl methyl sites for hydroxylation is 3. The number of para-hydroxylation sites is 1. The van der Waals surface area contributed by atoms with Gasteiger partial charge in [-0.15, -0.1) is 0 Å². The second kappa shape index (κ2) is 13.3. The molecule has 0 aliphatic heterocycles. The van der Waals surface area contributed by atoms with Crippen LogP contribution in [0, 0.1) is 0 Å². The Labute approximate surface area is 265 Å². The summed E-state index contributed by atoms with van der Waals surface area (Å²) in [7, 11) is 0. The van der Waals surface area contributed by atoms with E-state index in [0.717, 1.165) is 53.3 Å². The lowest BCUT2D eigenvalue weighted by molar-refractivity contribution is 0.602. The highest BCUT2D eigenvalue weighted by atomic mass is 15.0. The predicted molar refractivity (Wildman–Crippen MR) is 187 cm³/mol. The molecule has 4 nitrogen and oxygen atoms in total. The zero-order valence-electron chi connectivity index (χ0n) is 25.9. The van der Waals surface area contributed by atoms with E-state index < -0.39 is 0 Å². The van der Waals surface area contributed by atoms with Gasteiger partial charge in [-0.05, 0) is 96.1 Å². The number of rotatable bonds is 11. The molecule has 0 saturated carbocycles. The topological polar surface area (TPSA) is 43.6 Å². The van der Waals surface area contributed by atoms with Gasteiger partial charge in [-0.3, -0.25) is 9.97 Å². The highest BCUT2D eigenvalue weighted by Crippen LogP contribution is 2.32. The first-order chi connectivity index (χ1) is 22.3. The summed E-state index contributed by atoms with van der Waals surface area (Å²) >= 11 is 0. The molecule has 4 heterocycles. The summed E-state index contributed by atoms with van der Waals surface area (Å²) < 4.78 is 2.53. The molecule has 0 unspecified atom stereocenters. The van der Waals surface area contributed by atoms with Crippen LogP contribution >= 0.6 is 0 Å². The molecule has 4 heteroatoms. The summed E-state index contributed by atoms with van der Waals surface area (Å²) in [4.78, 5) is 14.0. The van der Waals surface area contributed by atoms with Crippen LogP contribution in [-0.2, 0) is 19.4 Å². The van der Waals surface area contributed by atoms with E-state index in [9.17, 15) is 0 Å². The monoisotopic (exact) mass is 586 g/mol. The largest absolute Gasteiger partial charge is 0.340 e. The fourth-order valence-corrected chi connectivity index (χ4v) is 6.33. The summed E-state index contributed by atoms with van der Waals surface area (Å²) in [5.74, 6) is 0. The average molecular weight is 587 g/mol. The molecule has 3 aromatic carbocycles. The number of benzene rings is 3. The van der Waals surface area contributed by atoms with E-state index in [1.807, 2.05) is 48.8 Å². The third kappa shape index (κ3) is 6.28. The minimum atomic E-state index is 0.843. The number of hydrogen-bond donors (Lipinski definition) is 0. The van der Waals surface area contributed by atoms with E-state index in [1.54, 1.807) is 0 Å². The minimum Gasteiger partial charge on any atom is -0.340 e. The van der Waals surface area contributed by atoms with Gasteiger partial charge in [-0.1, -0.05) is 86.8 Å². The number of hydrogen-bond acceptors (Lipinski definition) is 3. The maximum atomic E-state index is 4.92. The molecule has 0 aliphatic rings. The van der Waals surface area contributed by atoms with E-state index in [4.69, 9.17) is 4.98 Å². The van der Waals surface area contributed by atoms with Gasteiger partial charge in [0.2, 0.25) is 0 Å². The van der Waals surface area contributed by atoms with E-state index in [-0.39, 0.29) is 0 Å². The van der Waals surface area contributed by atoms with Crippen molar-refractivity contribution >= 4 is 21.8 Å². The molecular weight excluding hydrogens is 548 g/mol. The normalized spacial score (nSPS) is 11.4. The summed E-state index contributed by atoms with van der Waals surface area (Å²) in [6.45, 7) is 3.36. The molecule has 45 heavy (non-hydrogen) atoms. The van der Waals surface area contributed by atoms with Crippen molar-refractivity contribution in [3.63, 3.8) is 0 Å². The molecule has 0 N–H and O–H groups in total. The zero-order chi connectivity index (χ0) is 30.4. The van der Waals surface area contributed by atoms with Gasteiger partial charge >= 0.3 is 0 Å². The Balaban J connectivity index is 1.12. The third-order valence-corrected chi connectivity index (χ3v) is 8.74. The summed E-state index contributed by atoms with van der Waals surface area (Å²) in [5, 5.41) is 2.74. The smallest absolute Gasteiger partial charge is 0.0900 e. The second-order valence-electron chi connectivity index (χ2n) is 11.8. The summed E-state index contributed by atoms with van der Waals surface area (Å²) in [6.07, 6.45) is 10.7.